The number of aliphatic hydroxyl groups is 3. The van der Waals surface area contributed by atoms with Gasteiger partial charge in [-0.05, 0) is 0 Å². The molecule has 0 bridgehead atoms. The molecular formula is C34H49N12O25P4+. The number of aromatic nitrogens is 10. The maximum absolute atomic E-state index is 13.6. The van der Waals surface area contributed by atoms with Gasteiger partial charge >= 0.3 is 42.5 Å². The molecule has 414 valence electrons. The van der Waals surface area contributed by atoms with Gasteiger partial charge in [0, 0.05) is 39.4 Å². The zero-order chi connectivity index (χ0) is 54.5. The third-order valence-electron chi connectivity index (χ3n) is 11.7. The average molecular weight is 1150 g/mol. The summed E-state index contributed by atoms with van der Waals surface area (Å²) in [6.07, 6.45) is -13.0. The summed E-state index contributed by atoms with van der Waals surface area (Å²) in [4.78, 5) is 100. The number of hydrogen-bond donors (Lipinski definition) is 11. The van der Waals surface area contributed by atoms with Crippen LogP contribution in [-0.4, -0.2) is 175 Å². The Morgan fingerprint density at radius 3 is 2.03 bits per heavy atom. The first-order chi connectivity index (χ1) is 35.3. The third-order valence-corrected chi connectivity index (χ3v) is 16.9. The molecular weight excluding hydrogens is 1100 g/mol. The van der Waals surface area contributed by atoms with Crippen LogP contribution in [0.2, 0.25) is 0 Å². The van der Waals surface area contributed by atoms with E-state index in [1.807, 2.05) is 4.98 Å². The largest absolute Gasteiger partial charge is 0.490 e. The number of nitrogens with two attached hydrogens (primary N) is 1. The standard InChI is InChI=1S/C34H48N12O25P4/c1-36-26-19-27(38-11-37-26)45(12-39-19)32-25(62-4)24(69-72(53,54)63-9-16-22(49)23(50)31(67-16)44-6-5-18(47)40-34(44)52)17(68-32)10-65-74(57,58)71-75(59,60)70-73(55,56)64-8-15-14(7-61-3)21(48)30(66-15)46-13-43(2)20-28(46)41-33(35)42-29(20)51/h5-6,11-17,21-25,30-32,48-50H,7-10H2,1-4H3,(H8-,35,36,37,38,40,41,42,47,51,52,53,54,55,56,57,58,59,60)/p+1/t14-,15-,16-,17-,21-,22-,23-,24-,25-,30-,31-,32-/m1/s1. The summed E-state index contributed by atoms with van der Waals surface area (Å²) >= 11 is 0. The first-order valence-electron chi connectivity index (χ1n) is 21.6. The van der Waals surface area contributed by atoms with Crippen LogP contribution in [0.3, 0.4) is 0 Å². The zero-order valence-corrected chi connectivity index (χ0v) is 42.6. The molecule has 0 aliphatic carbocycles. The molecule has 5 aromatic rings. The molecule has 12 N–H and O–H groups in total. The molecule has 37 nitrogen and oxygen atoms in total. The lowest BCUT2D eigenvalue weighted by Gasteiger charge is -2.26. The Balaban J connectivity index is 0.946. The Morgan fingerprint density at radius 1 is 0.747 bits per heavy atom. The summed E-state index contributed by atoms with van der Waals surface area (Å²) in [6.45, 7) is -3.45. The van der Waals surface area contributed by atoms with E-state index >= 15 is 0 Å². The van der Waals surface area contributed by atoms with E-state index in [0.717, 1.165) is 30.3 Å². The number of rotatable bonds is 22. The number of aliphatic hydroxyl groups excluding tert-OH is 3. The Hall–Kier alpha value is -4.62. The van der Waals surface area contributed by atoms with E-state index in [0.29, 0.717) is 0 Å². The van der Waals surface area contributed by atoms with Gasteiger partial charge in [0.25, 0.3) is 16.7 Å². The molecule has 0 aromatic carbocycles. The average Bonchev–Trinajstić information content (AvgIpc) is 4.12. The molecule has 0 spiro atoms. The van der Waals surface area contributed by atoms with Crippen LogP contribution < -0.4 is 32.4 Å². The van der Waals surface area contributed by atoms with E-state index in [4.69, 9.17) is 47.5 Å². The number of anilines is 2. The van der Waals surface area contributed by atoms with Crippen molar-refractivity contribution in [2.45, 2.75) is 67.5 Å². The monoisotopic (exact) mass is 1150 g/mol. The summed E-state index contributed by atoms with van der Waals surface area (Å²) in [5.41, 5.74) is 3.60. The van der Waals surface area contributed by atoms with Gasteiger partial charge in [-0.15, -0.1) is 0 Å². The Kier molecular flexibility index (Phi) is 16.6. The summed E-state index contributed by atoms with van der Waals surface area (Å²) in [7, 11) is -17.9. The lowest BCUT2D eigenvalue weighted by Crippen LogP contribution is -2.38. The molecule has 3 saturated heterocycles. The molecule has 0 amide bonds. The van der Waals surface area contributed by atoms with Crippen molar-refractivity contribution in [3.05, 3.63) is 62.4 Å². The number of nitrogens with one attached hydrogen (secondary N) is 3. The van der Waals surface area contributed by atoms with E-state index in [1.54, 1.807) is 7.05 Å². The fourth-order valence-corrected chi connectivity index (χ4v) is 12.9. The number of aromatic amines is 2. The Labute approximate surface area is 418 Å². The van der Waals surface area contributed by atoms with Crippen LogP contribution >= 0.6 is 31.3 Å². The van der Waals surface area contributed by atoms with Gasteiger partial charge in [0.2, 0.25) is 18.5 Å². The van der Waals surface area contributed by atoms with Crippen LogP contribution in [0.1, 0.15) is 18.7 Å². The van der Waals surface area contributed by atoms with E-state index in [9.17, 15) is 67.5 Å². The van der Waals surface area contributed by atoms with Gasteiger partial charge in [-0.25, -0.2) is 42.6 Å². The van der Waals surface area contributed by atoms with Gasteiger partial charge in [-0.2, -0.15) is 18.2 Å². The van der Waals surface area contributed by atoms with Gasteiger partial charge in [-0.1, -0.05) is 0 Å². The minimum Gasteiger partial charge on any atom is -0.387 e. The molecule has 16 atom stereocenters. The number of imidazole rings is 2. The molecule has 3 aliphatic rings. The number of phosphoric acid groups is 4. The summed E-state index contributed by atoms with van der Waals surface area (Å²) < 4.78 is 115. The molecule has 75 heavy (non-hydrogen) atoms. The predicted octanol–water partition coefficient (Wildman–Crippen LogP) is -3.51. The minimum atomic E-state index is -6.17. The molecule has 3 aliphatic heterocycles. The number of phosphoric ester groups is 3. The number of hydrogen-bond acceptors (Lipinski definition) is 27. The van der Waals surface area contributed by atoms with E-state index in [-0.39, 0.29) is 40.7 Å². The van der Waals surface area contributed by atoms with Crippen molar-refractivity contribution in [3.8, 4) is 0 Å². The highest BCUT2D eigenvalue weighted by atomic mass is 31.3. The molecule has 5 aromatic heterocycles. The van der Waals surface area contributed by atoms with Crippen LogP contribution in [0.25, 0.3) is 22.3 Å². The minimum absolute atomic E-state index is 0.0191. The second-order valence-electron chi connectivity index (χ2n) is 16.6. The van der Waals surface area contributed by atoms with Crippen LogP contribution in [0, 0.1) is 5.92 Å². The topological polar surface area (TPSA) is 502 Å². The number of methoxy groups -OCH3 is 2. The fourth-order valence-electron chi connectivity index (χ4n) is 8.44. The highest BCUT2D eigenvalue weighted by Crippen LogP contribution is 2.68. The second kappa shape index (κ2) is 22.0. The maximum Gasteiger partial charge on any atom is 0.490 e. The number of H-pyrrole nitrogens is 2. The molecule has 8 rings (SSSR count). The van der Waals surface area contributed by atoms with Crippen LogP contribution in [0.15, 0.2) is 45.6 Å². The summed E-state index contributed by atoms with van der Waals surface area (Å²) in [5, 5.41) is 35.4. The number of nitrogens with zero attached hydrogens (tertiary/aromatic N) is 8. The molecule has 41 heteroatoms. The van der Waals surface area contributed by atoms with Crippen molar-refractivity contribution in [3.63, 3.8) is 0 Å². The Bertz CT molecular complexity index is 3280. The third kappa shape index (κ3) is 12.1. The van der Waals surface area contributed by atoms with Crippen molar-refractivity contribution < 1.29 is 108 Å². The van der Waals surface area contributed by atoms with Gasteiger partial charge in [0.15, 0.2) is 23.9 Å². The molecule has 0 saturated carbocycles. The van der Waals surface area contributed by atoms with Crippen molar-refractivity contribution in [1.29, 1.82) is 0 Å². The van der Waals surface area contributed by atoms with Crippen molar-refractivity contribution in [2.24, 2.45) is 13.0 Å². The molecule has 0 radical (unpaired) electrons. The lowest BCUT2D eigenvalue weighted by atomic mass is 9.99. The number of nitrogen functional groups attached to an aromatic ring is 1. The van der Waals surface area contributed by atoms with E-state index in [1.165, 1.54) is 40.5 Å². The smallest absolute Gasteiger partial charge is 0.387 e. The van der Waals surface area contributed by atoms with Crippen molar-refractivity contribution in [2.75, 3.05) is 58.7 Å². The summed E-state index contributed by atoms with van der Waals surface area (Å²) in [5.74, 6) is -1.05. The lowest BCUT2D eigenvalue weighted by molar-refractivity contribution is -0.646. The molecule has 8 heterocycles. The highest BCUT2D eigenvalue weighted by Gasteiger charge is 2.54. The van der Waals surface area contributed by atoms with Crippen molar-refractivity contribution in [1.82, 2.24) is 43.6 Å². The molecule has 3 fully saturated rings. The molecule has 4 unspecified atom stereocenters. The van der Waals surface area contributed by atoms with E-state index in [2.05, 4.69) is 38.9 Å². The van der Waals surface area contributed by atoms with E-state index < -0.39 is 141 Å². The van der Waals surface area contributed by atoms with Gasteiger partial charge in [-0.3, -0.25) is 46.8 Å². The number of aryl methyl sites for hydroxylation is 1. The Morgan fingerprint density at radius 2 is 1.37 bits per heavy atom. The normalized spacial score (nSPS) is 30.3. The van der Waals surface area contributed by atoms with Gasteiger partial charge in [0.05, 0.1) is 45.9 Å². The second-order valence-corrected chi connectivity index (χ2v) is 22.6. The SMILES string of the molecule is CNc1ncnc2c1ncn2[C@@H]1O[C@H](COP(=O)(O)OP(=O)(O)OP(=O)(O)OC[C@H]2O[C@@H](n3c[n+](C)c4c(=O)[nH]c(N)nc43)[C@H](O)[C@@H]2COC)[C@@H](OP(=O)(O)OC[C@H]2O[C@@H](n3ccc(=O)[nH]c3=O)[C@H](O)[C@@H]2O)[C@H]1OC. The zero-order valence-electron chi connectivity index (χ0n) is 39.1. The first-order valence-corrected chi connectivity index (χ1v) is 27.6. The summed E-state index contributed by atoms with van der Waals surface area (Å²) in [6, 6.07) is 0.930. The fraction of sp³-hybridized carbons (Fsp3) is 0.588. The van der Waals surface area contributed by atoms with Crippen molar-refractivity contribution >= 4 is 65.4 Å². The quantitative estimate of drug-likeness (QED) is 0.0236. The predicted molar refractivity (Wildman–Crippen MR) is 242 cm³/mol. The maximum atomic E-state index is 13.6. The number of fused-ring (bicyclic) bond motifs is 2. The van der Waals surface area contributed by atoms with Gasteiger partial charge in [0.1, 0.15) is 54.6 Å². The van der Waals surface area contributed by atoms with Crippen LogP contribution in [0.4, 0.5) is 11.8 Å². The highest BCUT2D eigenvalue weighted by molar-refractivity contribution is 7.66. The number of ether oxygens (including phenoxy) is 5. The van der Waals surface area contributed by atoms with Crippen LogP contribution in [-0.2, 0) is 75.7 Å². The van der Waals surface area contributed by atoms with Gasteiger partial charge < -0.3 is 69.6 Å². The first kappa shape index (κ1) is 56.6. The van der Waals surface area contributed by atoms with Crippen LogP contribution in [0.5, 0.6) is 0 Å².